The minimum Gasteiger partial charge on any atom is -0.493 e. The van der Waals surface area contributed by atoms with Crippen molar-refractivity contribution in [2.75, 3.05) is 27.9 Å². The van der Waals surface area contributed by atoms with E-state index in [1.807, 2.05) is 27.7 Å². The Morgan fingerprint density at radius 2 is 1.32 bits per heavy atom. The van der Waals surface area contributed by atoms with E-state index < -0.39 is 0 Å². The van der Waals surface area contributed by atoms with E-state index in [0.29, 0.717) is 50.2 Å². The second-order valence-corrected chi connectivity index (χ2v) is 10.1. The van der Waals surface area contributed by atoms with E-state index >= 15 is 0 Å². The number of methoxy groups -OCH3 is 3. The molecule has 0 saturated heterocycles. The minimum absolute atomic E-state index is 0.0000212. The van der Waals surface area contributed by atoms with Crippen molar-refractivity contribution in [3.8, 4) is 29.1 Å². The van der Waals surface area contributed by atoms with Crippen LogP contribution in [0.5, 0.6) is 23.0 Å². The van der Waals surface area contributed by atoms with Crippen LogP contribution in [0.15, 0.2) is 33.9 Å². The molecule has 2 heterocycles. The van der Waals surface area contributed by atoms with Crippen LogP contribution in [0.4, 0.5) is 0 Å². The first-order valence-corrected chi connectivity index (χ1v) is 13.0. The third kappa shape index (κ3) is 4.83. The number of rotatable bonds is 9. The van der Waals surface area contributed by atoms with Crippen LogP contribution in [0, 0.1) is 11.3 Å². The maximum Gasteiger partial charge on any atom is 0.274 e. The summed E-state index contributed by atoms with van der Waals surface area (Å²) in [4.78, 5) is 26.5. The van der Waals surface area contributed by atoms with Gasteiger partial charge in [0.2, 0.25) is 0 Å². The van der Waals surface area contributed by atoms with Crippen molar-refractivity contribution in [3.05, 3.63) is 61.9 Å². The fourth-order valence-electron chi connectivity index (χ4n) is 5.00. The summed E-state index contributed by atoms with van der Waals surface area (Å²) >= 11 is 0. The Labute approximate surface area is 232 Å². The van der Waals surface area contributed by atoms with Crippen molar-refractivity contribution in [1.29, 1.82) is 5.26 Å². The van der Waals surface area contributed by atoms with Crippen LogP contribution in [-0.2, 0) is 13.6 Å². The molecule has 0 unspecified atom stereocenters. The van der Waals surface area contributed by atoms with Crippen LogP contribution in [-0.4, -0.2) is 42.3 Å². The number of ether oxygens (including phenoxy) is 4. The summed E-state index contributed by atoms with van der Waals surface area (Å²) in [6.45, 7) is 8.22. The Hall–Kier alpha value is -4.52. The van der Waals surface area contributed by atoms with E-state index in [2.05, 4.69) is 11.2 Å². The van der Waals surface area contributed by atoms with Crippen molar-refractivity contribution in [2.24, 2.45) is 7.05 Å². The van der Waals surface area contributed by atoms with Gasteiger partial charge in [0.25, 0.3) is 11.1 Å². The predicted molar refractivity (Wildman–Crippen MR) is 153 cm³/mol. The molecule has 40 heavy (non-hydrogen) atoms. The predicted octanol–water partition coefficient (Wildman–Crippen LogP) is 4.47. The summed E-state index contributed by atoms with van der Waals surface area (Å²) in [5, 5.41) is 16.6. The second kappa shape index (κ2) is 11.3. The van der Waals surface area contributed by atoms with Crippen molar-refractivity contribution in [3.63, 3.8) is 0 Å². The van der Waals surface area contributed by atoms with E-state index in [9.17, 15) is 14.9 Å². The zero-order valence-electron chi connectivity index (χ0n) is 24.1. The van der Waals surface area contributed by atoms with Gasteiger partial charge >= 0.3 is 0 Å². The van der Waals surface area contributed by atoms with E-state index in [4.69, 9.17) is 18.9 Å². The van der Waals surface area contributed by atoms with Gasteiger partial charge in [0.15, 0.2) is 23.0 Å². The van der Waals surface area contributed by atoms with Gasteiger partial charge in [-0.2, -0.15) is 10.4 Å². The topological polar surface area (TPSA) is 118 Å². The lowest BCUT2D eigenvalue weighted by Gasteiger charge is -2.18. The molecule has 0 N–H and O–H groups in total. The number of fused-ring (bicyclic) bond motifs is 2. The van der Waals surface area contributed by atoms with Gasteiger partial charge in [0.05, 0.1) is 44.3 Å². The van der Waals surface area contributed by atoms with Crippen molar-refractivity contribution < 1.29 is 18.9 Å². The molecule has 210 valence electrons. The summed E-state index contributed by atoms with van der Waals surface area (Å²) in [5.74, 6) is 1.80. The third-order valence-electron chi connectivity index (χ3n) is 7.00. The first-order chi connectivity index (χ1) is 19.1. The molecule has 10 nitrogen and oxygen atoms in total. The quantitative estimate of drug-likeness (QED) is 0.302. The van der Waals surface area contributed by atoms with Gasteiger partial charge in [0.1, 0.15) is 18.4 Å². The highest BCUT2D eigenvalue weighted by molar-refractivity contribution is 5.90. The largest absolute Gasteiger partial charge is 0.493 e. The first-order valence-electron chi connectivity index (χ1n) is 13.0. The Morgan fingerprint density at radius 1 is 0.800 bits per heavy atom. The third-order valence-corrected chi connectivity index (χ3v) is 7.00. The van der Waals surface area contributed by atoms with Gasteiger partial charge in [-0.1, -0.05) is 27.7 Å². The molecule has 0 amide bonds. The first kappa shape index (κ1) is 28.5. The van der Waals surface area contributed by atoms with Crippen LogP contribution in [0.2, 0.25) is 0 Å². The molecule has 2 aromatic heterocycles. The average molecular weight is 547 g/mol. The Balaban J connectivity index is 1.75. The minimum atomic E-state index is -0.304. The van der Waals surface area contributed by atoms with E-state index in [1.54, 1.807) is 38.4 Å². The summed E-state index contributed by atoms with van der Waals surface area (Å²) in [5.41, 5.74) is 1.25. The fourth-order valence-corrected chi connectivity index (χ4v) is 5.00. The molecule has 0 radical (unpaired) electrons. The summed E-state index contributed by atoms with van der Waals surface area (Å²) < 4.78 is 25.2. The Bertz CT molecular complexity index is 1760. The van der Waals surface area contributed by atoms with Gasteiger partial charge < -0.3 is 23.5 Å². The van der Waals surface area contributed by atoms with Crippen molar-refractivity contribution >= 4 is 21.5 Å². The highest BCUT2D eigenvalue weighted by Gasteiger charge is 2.21. The number of hydrogen-bond donors (Lipinski definition) is 0. The lowest BCUT2D eigenvalue weighted by Crippen LogP contribution is -2.27. The Morgan fingerprint density at radius 3 is 1.88 bits per heavy atom. The summed E-state index contributed by atoms with van der Waals surface area (Å²) in [6.07, 6.45) is 0. The van der Waals surface area contributed by atoms with Crippen LogP contribution in [0.1, 0.15) is 56.5 Å². The molecule has 0 aliphatic rings. The number of benzene rings is 2. The maximum atomic E-state index is 13.4. The zero-order valence-corrected chi connectivity index (χ0v) is 24.1. The monoisotopic (exact) mass is 546 g/mol. The maximum absolute atomic E-state index is 13.4. The lowest BCUT2D eigenvalue weighted by molar-refractivity contribution is 0.272. The molecule has 2 aromatic carbocycles. The van der Waals surface area contributed by atoms with E-state index in [0.717, 1.165) is 11.3 Å². The molecular formula is C30H34N4O6. The van der Waals surface area contributed by atoms with Gasteiger partial charge in [-0.15, -0.1) is 0 Å². The molecule has 10 heteroatoms. The van der Waals surface area contributed by atoms with Gasteiger partial charge in [-0.3, -0.25) is 9.59 Å². The normalized spacial score (nSPS) is 11.3. The van der Waals surface area contributed by atoms with Crippen LogP contribution < -0.4 is 30.1 Å². The number of aromatic nitrogens is 3. The zero-order chi connectivity index (χ0) is 29.3. The molecule has 0 bridgehead atoms. The van der Waals surface area contributed by atoms with Gasteiger partial charge in [-0.25, -0.2) is 4.68 Å². The number of hydrogen-bond acceptors (Lipinski definition) is 8. The Kier molecular flexibility index (Phi) is 8.05. The molecule has 0 aliphatic carbocycles. The smallest absolute Gasteiger partial charge is 0.274 e. The molecule has 0 fully saturated rings. The highest BCUT2D eigenvalue weighted by Crippen LogP contribution is 2.36. The molecule has 0 saturated carbocycles. The SMILES string of the molecule is COc1cc2c(C(C)C)nn(CCOc3cc4c(=O)n(C)c(C#N)c(C(C)C)c4cc3OC)c(=O)c2cc1OC. The molecule has 4 rings (SSSR count). The van der Waals surface area contributed by atoms with Crippen molar-refractivity contribution in [1.82, 2.24) is 14.3 Å². The molecule has 0 aliphatic heterocycles. The van der Waals surface area contributed by atoms with Crippen LogP contribution in [0.3, 0.4) is 0 Å². The standard InChI is InChI=1S/C30H34N4O6/c1-16(2)27-18-11-25(39-8)26(14-20(18)29(35)33(5)22(27)15-31)40-10-9-34-30(36)21-13-24(38-7)23(37-6)12-19(21)28(32-34)17(3)4/h11-14,16-17H,9-10H2,1-8H3. The second-order valence-electron chi connectivity index (χ2n) is 10.1. The molecular weight excluding hydrogens is 512 g/mol. The van der Waals surface area contributed by atoms with Crippen molar-refractivity contribution in [2.45, 2.75) is 46.1 Å². The van der Waals surface area contributed by atoms with E-state index in [-0.39, 0.29) is 36.1 Å². The van der Waals surface area contributed by atoms with Gasteiger partial charge in [-0.05, 0) is 47.1 Å². The summed E-state index contributed by atoms with van der Waals surface area (Å²) in [6, 6.07) is 8.99. The number of nitrogens with zero attached hydrogens (tertiary/aromatic N) is 4. The lowest BCUT2D eigenvalue weighted by atomic mass is 9.94. The number of nitriles is 1. The van der Waals surface area contributed by atoms with Crippen LogP contribution in [0.25, 0.3) is 21.5 Å². The average Bonchev–Trinajstić information content (AvgIpc) is 2.94. The molecule has 4 aromatic rings. The highest BCUT2D eigenvalue weighted by atomic mass is 16.5. The van der Waals surface area contributed by atoms with Gasteiger partial charge in [0, 0.05) is 12.4 Å². The van der Waals surface area contributed by atoms with E-state index in [1.165, 1.54) is 23.5 Å². The molecule has 0 atom stereocenters. The molecule has 0 spiro atoms. The fraction of sp³-hybridized carbons (Fsp3) is 0.400. The number of pyridine rings is 1. The summed E-state index contributed by atoms with van der Waals surface area (Å²) in [7, 11) is 6.18. The van der Waals surface area contributed by atoms with Crippen LogP contribution >= 0.6 is 0 Å².